The lowest BCUT2D eigenvalue weighted by molar-refractivity contribution is 0.0134. The average Bonchev–Trinajstić information content (AvgIpc) is 2.88. The Morgan fingerprint density at radius 2 is 1.72 bits per heavy atom. The van der Waals surface area contributed by atoms with Gasteiger partial charge < -0.3 is 23.5 Å². The summed E-state index contributed by atoms with van der Waals surface area (Å²) in [5.74, 6) is 1.67. The Balaban J connectivity index is 1.13. The molecule has 0 aliphatic carbocycles. The maximum Gasteiger partial charge on any atom is 0.410 e. The number of fused-ring (bicyclic) bond motifs is 1. The molecule has 1 fully saturated rings. The van der Waals surface area contributed by atoms with Gasteiger partial charge >= 0.3 is 6.09 Å². The first-order valence-corrected chi connectivity index (χ1v) is 14.6. The monoisotopic (exact) mass is 553 g/mol. The molecule has 3 heterocycles. The summed E-state index contributed by atoms with van der Waals surface area (Å²) in [5, 5.41) is 2.35. The van der Waals surface area contributed by atoms with E-state index in [1.54, 1.807) is 11.1 Å². The van der Waals surface area contributed by atoms with Crippen LogP contribution < -0.4 is 20.1 Å². The van der Waals surface area contributed by atoms with Gasteiger partial charge in [0.05, 0.1) is 25.3 Å². The Kier molecular flexibility index (Phi) is 9.63. The van der Waals surface area contributed by atoms with Crippen molar-refractivity contribution < 1.29 is 23.4 Å². The molecular formula is C29H39N3O6Si. The highest BCUT2D eigenvalue weighted by atomic mass is 28.1. The topological polar surface area (TPSA) is 94.3 Å². The summed E-state index contributed by atoms with van der Waals surface area (Å²) < 4.78 is 22.8. The van der Waals surface area contributed by atoms with Crippen molar-refractivity contribution in [3.63, 3.8) is 0 Å². The molecule has 1 aliphatic heterocycles. The third-order valence-corrected chi connectivity index (χ3v) is 7.04. The first-order chi connectivity index (χ1) is 18.7. The van der Waals surface area contributed by atoms with Crippen LogP contribution in [-0.4, -0.2) is 76.1 Å². The molecule has 0 bridgehead atoms. The molecule has 0 atom stereocenters. The summed E-state index contributed by atoms with van der Waals surface area (Å²) in [4.78, 5) is 33.0. The van der Waals surface area contributed by atoms with Gasteiger partial charge in [0.1, 0.15) is 23.4 Å². The summed E-state index contributed by atoms with van der Waals surface area (Å²) in [6.07, 6.45) is 5.52. The number of amides is 1. The molecule has 4 rings (SSSR count). The number of unbranched alkanes of at least 4 members (excludes halogenated alkanes) is 2. The molecule has 0 N–H and O–H groups in total. The Labute approximate surface area is 232 Å². The van der Waals surface area contributed by atoms with Crippen molar-refractivity contribution in [2.45, 2.75) is 52.2 Å². The number of hydrogen-bond acceptors (Lipinski definition) is 8. The maximum absolute atomic E-state index is 12.5. The van der Waals surface area contributed by atoms with E-state index in [0.717, 1.165) is 46.2 Å². The molecular weight excluding hydrogens is 514 g/mol. The van der Waals surface area contributed by atoms with Gasteiger partial charge in [-0.1, -0.05) is 11.3 Å². The van der Waals surface area contributed by atoms with Crippen LogP contribution in [0.3, 0.4) is 0 Å². The largest absolute Gasteiger partial charge is 0.493 e. The molecule has 0 saturated carbocycles. The number of carbonyl (C=O) groups is 1. The lowest BCUT2D eigenvalue weighted by Crippen LogP contribution is -2.49. The highest BCUT2D eigenvalue weighted by Crippen LogP contribution is 2.23. The van der Waals surface area contributed by atoms with Crippen LogP contribution in [0.1, 0.15) is 45.8 Å². The third-order valence-electron chi connectivity index (χ3n) is 6.42. The zero-order valence-electron chi connectivity index (χ0n) is 23.4. The van der Waals surface area contributed by atoms with E-state index in [1.807, 2.05) is 26.8 Å². The van der Waals surface area contributed by atoms with E-state index in [9.17, 15) is 9.59 Å². The van der Waals surface area contributed by atoms with Crippen molar-refractivity contribution in [3.05, 3.63) is 58.8 Å². The molecule has 10 heteroatoms. The number of benzene rings is 1. The highest BCUT2D eigenvalue weighted by molar-refractivity contribution is 6.33. The van der Waals surface area contributed by atoms with Crippen LogP contribution in [0.2, 0.25) is 0 Å². The van der Waals surface area contributed by atoms with Crippen LogP contribution in [0.5, 0.6) is 11.5 Å². The number of nitrogens with zero attached hydrogens (tertiary/aromatic N) is 3. The number of pyridine rings is 1. The van der Waals surface area contributed by atoms with Gasteiger partial charge in [0, 0.05) is 54.1 Å². The summed E-state index contributed by atoms with van der Waals surface area (Å²) >= 11 is 0. The maximum atomic E-state index is 12.5. The number of ether oxygens (including phenoxy) is 3. The molecule has 0 unspecified atom stereocenters. The van der Waals surface area contributed by atoms with E-state index in [1.165, 1.54) is 17.5 Å². The standard InChI is InChI=1S/C29H39N3O6Si/c1-29(2,3)38-28(34)32-13-11-31(12-14-32)19-21-17-25(33)27(20-37-21)36-16-6-4-5-15-35-26-9-10-30-24-18-22(39)7-8-23(24)26/h7-10,17-18,20H,4-6,11-16,19H2,1-3,39H3. The predicted molar refractivity (Wildman–Crippen MR) is 154 cm³/mol. The van der Waals surface area contributed by atoms with E-state index in [4.69, 9.17) is 18.6 Å². The van der Waals surface area contributed by atoms with Gasteiger partial charge in [-0.15, -0.1) is 0 Å². The fourth-order valence-electron chi connectivity index (χ4n) is 4.37. The number of piperazine rings is 1. The van der Waals surface area contributed by atoms with Gasteiger partial charge in [-0.25, -0.2) is 4.79 Å². The van der Waals surface area contributed by atoms with Crippen LogP contribution in [0.15, 0.2) is 52.0 Å². The molecule has 0 radical (unpaired) electrons. The smallest absolute Gasteiger partial charge is 0.410 e. The Morgan fingerprint density at radius 1 is 1.00 bits per heavy atom. The predicted octanol–water partition coefficient (Wildman–Crippen LogP) is 2.86. The molecule has 3 aromatic rings. The fraction of sp³-hybridized carbons (Fsp3) is 0.483. The number of carbonyl (C=O) groups excluding carboxylic acids is 1. The quantitative estimate of drug-likeness (QED) is 0.280. The van der Waals surface area contributed by atoms with E-state index < -0.39 is 5.60 Å². The SMILES string of the molecule is CC(C)(C)OC(=O)N1CCN(Cc2cc(=O)c(OCCCCCOc3ccnc4cc([SiH3])ccc34)co2)CC1. The Bertz CT molecular complexity index is 1310. The normalized spacial score (nSPS) is 14.5. The second-order valence-electron chi connectivity index (χ2n) is 10.9. The van der Waals surface area contributed by atoms with Gasteiger partial charge in [-0.05, 0) is 58.2 Å². The zero-order valence-corrected chi connectivity index (χ0v) is 25.4. The average molecular weight is 554 g/mol. The van der Waals surface area contributed by atoms with E-state index in [-0.39, 0.29) is 17.3 Å². The number of aromatic nitrogens is 1. The fourth-order valence-corrected chi connectivity index (χ4v) is 4.81. The molecule has 1 aromatic carbocycles. The van der Waals surface area contributed by atoms with Crippen molar-refractivity contribution in [2.24, 2.45) is 0 Å². The van der Waals surface area contributed by atoms with Gasteiger partial charge in [0.15, 0.2) is 0 Å². The number of rotatable bonds is 10. The van der Waals surface area contributed by atoms with Gasteiger partial charge in [0.2, 0.25) is 11.2 Å². The van der Waals surface area contributed by atoms with Crippen LogP contribution >= 0.6 is 0 Å². The second kappa shape index (κ2) is 13.1. The Morgan fingerprint density at radius 3 is 2.41 bits per heavy atom. The van der Waals surface area contributed by atoms with Crippen LogP contribution in [-0.2, 0) is 11.3 Å². The van der Waals surface area contributed by atoms with Crippen LogP contribution in [0.25, 0.3) is 10.9 Å². The van der Waals surface area contributed by atoms with E-state index >= 15 is 0 Å². The molecule has 1 saturated heterocycles. The van der Waals surface area contributed by atoms with Gasteiger partial charge in [-0.3, -0.25) is 14.7 Å². The Hall–Kier alpha value is -3.37. The lowest BCUT2D eigenvalue weighted by atomic mass is 10.2. The van der Waals surface area contributed by atoms with Crippen molar-refractivity contribution >= 4 is 32.4 Å². The zero-order chi connectivity index (χ0) is 27.8. The van der Waals surface area contributed by atoms with Crippen molar-refractivity contribution in [3.8, 4) is 11.5 Å². The molecule has 1 amide bonds. The van der Waals surface area contributed by atoms with Crippen molar-refractivity contribution in [1.82, 2.24) is 14.8 Å². The first kappa shape index (κ1) is 28.6. The molecule has 2 aromatic heterocycles. The molecule has 9 nitrogen and oxygen atoms in total. The summed E-state index contributed by atoms with van der Waals surface area (Å²) in [6, 6.07) is 9.72. The molecule has 39 heavy (non-hydrogen) atoms. The van der Waals surface area contributed by atoms with Crippen LogP contribution in [0, 0.1) is 0 Å². The molecule has 210 valence electrons. The van der Waals surface area contributed by atoms with Crippen molar-refractivity contribution in [2.75, 3.05) is 39.4 Å². The van der Waals surface area contributed by atoms with E-state index in [2.05, 4.69) is 28.1 Å². The first-order valence-electron chi connectivity index (χ1n) is 13.6. The molecule has 1 aliphatic rings. The third kappa shape index (κ3) is 8.56. The second-order valence-corrected chi connectivity index (χ2v) is 12.1. The number of hydrogen-bond donors (Lipinski definition) is 0. The lowest BCUT2D eigenvalue weighted by Gasteiger charge is -2.35. The van der Waals surface area contributed by atoms with Crippen molar-refractivity contribution in [1.29, 1.82) is 0 Å². The summed E-state index contributed by atoms with van der Waals surface area (Å²) in [6.45, 7) is 9.66. The summed E-state index contributed by atoms with van der Waals surface area (Å²) in [5.41, 5.74) is 0.278. The highest BCUT2D eigenvalue weighted by Gasteiger charge is 2.26. The van der Waals surface area contributed by atoms with Crippen LogP contribution in [0.4, 0.5) is 4.79 Å². The molecule has 0 spiro atoms. The van der Waals surface area contributed by atoms with Gasteiger partial charge in [-0.2, -0.15) is 0 Å². The summed E-state index contributed by atoms with van der Waals surface area (Å²) in [7, 11) is 0.999. The minimum atomic E-state index is -0.508. The van der Waals surface area contributed by atoms with E-state index in [0.29, 0.717) is 51.7 Å². The minimum absolute atomic E-state index is 0.186. The van der Waals surface area contributed by atoms with Gasteiger partial charge in [0.25, 0.3) is 0 Å². The minimum Gasteiger partial charge on any atom is -0.493 e.